The van der Waals surface area contributed by atoms with E-state index >= 15 is 0 Å². The number of amides is 1. The number of rotatable bonds is 6. The molecule has 5 rings (SSSR count). The van der Waals surface area contributed by atoms with Crippen molar-refractivity contribution in [3.63, 3.8) is 0 Å². The summed E-state index contributed by atoms with van der Waals surface area (Å²) in [5.41, 5.74) is 6.99. The first-order valence-electron chi connectivity index (χ1n) is 11.2. The summed E-state index contributed by atoms with van der Waals surface area (Å²) in [6.07, 6.45) is 0. The molecule has 0 saturated heterocycles. The summed E-state index contributed by atoms with van der Waals surface area (Å²) in [6, 6.07) is 21.0. The van der Waals surface area contributed by atoms with Gasteiger partial charge in [0.1, 0.15) is 23.4 Å². The molecule has 0 fully saturated rings. The number of ether oxygens (including phenoxy) is 1. The molecular formula is C26H24FN5O2S. The number of hydrogen-bond acceptors (Lipinski definition) is 6. The highest BCUT2D eigenvalue weighted by molar-refractivity contribution is 8.00. The second kappa shape index (κ2) is 9.79. The zero-order valence-electron chi connectivity index (χ0n) is 19.2. The molecule has 0 spiro atoms. The number of carbonyl (C=O) groups is 1. The monoisotopic (exact) mass is 489 g/mol. The van der Waals surface area contributed by atoms with Crippen molar-refractivity contribution in [2.75, 3.05) is 10.7 Å². The van der Waals surface area contributed by atoms with Crippen LogP contribution in [0.1, 0.15) is 28.6 Å². The lowest BCUT2D eigenvalue weighted by molar-refractivity contribution is -0.116. The van der Waals surface area contributed by atoms with Gasteiger partial charge in [0.2, 0.25) is 11.1 Å². The van der Waals surface area contributed by atoms with Gasteiger partial charge in [-0.15, -0.1) is 10.2 Å². The van der Waals surface area contributed by atoms with Gasteiger partial charge in [0.05, 0.1) is 6.04 Å². The van der Waals surface area contributed by atoms with Gasteiger partial charge in [-0.3, -0.25) is 4.79 Å². The minimum atomic E-state index is -0.569. The molecule has 1 aliphatic heterocycles. The summed E-state index contributed by atoms with van der Waals surface area (Å²) in [4.78, 5) is 13.5. The fourth-order valence-corrected chi connectivity index (χ4v) is 5.03. The third-order valence-electron chi connectivity index (χ3n) is 5.74. The van der Waals surface area contributed by atoms with Crippen molar-refractivity contribution in [2.45, 2.75) is 36.9 Å². The average Bonchev–Trinajstić information content (AvgIpc) is 3.26. The van der Waals surface area contributed by atoms with E-state index in [0.717, 1.165) is 22.4 Å². The number of hydrogen-bond donors (Lipinski definition) is 2. The first-order chi connectivity index (χ1) is 17.0. The van der Waals surface area contributed by atoms with E-state index in [2.05, 4.69) is 20.9 Å². The number of thioether (sulfide) groups is 1. The average molecular weight is 490 g/mol. The zero-order chi connectivity index (χ0) is 24.4. The number of carbonyl (C=O) groups excluding carboxylic acids is 1. The Morgan fingerprint density at radius 2 is 1.86 bits per heavy atom. The molecule has 9 heteroatoms. The molecule has 0 aliphatic carbocycles. The predicted molar refractivity (Wildman–Crippen MR) is 133 cm³/mol. The lowest BCUT2D eigenvalue weighted by Gasteiger charge is -2.33. The molecule has 0 radical (unpaired) electrons. The van der Waals surface area contributed by atoms with E-state index in [1.807, 2.05) is 62.4 Å². The van der Waals surface area contributed by atoms with Crippen LogP contribution in [-0.4, -0.2) is 26.0 Å². The summed E-state index contributed by atoms with van der Waals surface area (Å²) in [7, 11) is 0. The highest BCUT2D eigenvalue weighted by atomic mass is 32.2. The summed E-state index contributed by atoms with van der Waals surface area (Å²) in [5.74, 6) is 0.765. The fourth-order valence-electron chi connectivity index (χ4n) is 3.93. The van der Waals surface area contributed by atoms with Crippen molar-refractivity contribution in [3.05, 3.63) is 101 Å². The van der Waals surface area contributed by atoms with Gasteiger partial charge in [-0.1, -0.05) is 59.8 Å². The van der Waals surface area contributed by atoms with E-state index in [1.165, 1.54) is 23.9 Å². The van der Waals surface area contributed by atoms with E-state index in [4.69, 9.17) is 4.74 Å². The Morgan fingerprint density at radius 3 is 2.60 bits per heavy atom. The molecule has 4 aromatic rings. The molecule has 0 unspecified atom stereocenters. The Kier molecular flexibility index (Phi) is 6.41. The smallest absolute Gasteiger partial charge is 0.240 e. The number of benzene rings is 3. The van der Waals surface area contributed by atoms with Crippen molar-refractivity contribution in [1.82, 2.24) is 14.9 Å². The molecule has 2 N–H and O–H groups in total. The molecule has 2 heterocycles. The lowest BCUT2D eigenvalue weighted by atomic mass is 10.0. The first kappa shape index (κ1) is 22.9. The van der Waals surface area contributed by atoms with Crippen molar-refractivity contribution in [2.24, 2.45) is 0 Å². The van der Waals surface area contributed by atoms with Gasteiger partial charge < -0.3 is 15.5 Å². The first-order valence-corrected chi connectivity index (χ1v) is 12.0. The highest BCUT2D eigenvalue weighted by Crippen LogP contribution is 2.38. The molecule has 1 amide bonds. The third-order valence-corrected chi connectivity index (χ3v) is 6.96. The maximum atomic E-state index is 13.6. The van der Waals surface area contributed by atoms with Crippen LogP contribution in [0.25, 0.3) is 0 Å². The van der Waals surface area contributed by atoms with Crippen molar-refractivity contribution in [3.8, 4) is 5.75 Å². The Labute approximate surface area is 206 Å². The van der Waals surface area contributed by atoms with Crippen LogP contribution >= 0.6 is 11.8 Å². The molecule has 2 atom stereocenters. The number of aryl methyl sites for hydroxylation is 2. The molecule has 178 valence electrons. The molecule has 1 aliphatic rings. The largest absolute Gasteiger partial charge is 0.486 e. The fraction of sp³-hybridized carbons (Fsp3) is 0.192. The highest BCUT2D eigenvalue weighted by Gasteiger charge is 2.38. The van der Waals surface area contributed by atoms with E-state index in [9.17, 15) is 9.18 Å². The lowest BCUT2D eigenvalue weighted by Crippen LogP contribution is -2.41. The van der Waals surface area contributed by atoms with E-state index in [1.54, 1.807) is 16.8 Å². The van der Waals surface area contributed by atoms with Crippen LogP contribution in [0.2, 0.25) is 0 Å². The molecule has 0 saturated carbocycles. The number of halogens is 1. The maximum absolute atomic E-state index is 13.6. The van der Waals surface area contributed by atoms with Crippen LogP contribution in [-0.2, 0) is 11.4 Å². The van der Waals surface area contributed by atoms with Gasteiger partial charge in [0.25, 0.3) is 0 Å². The van der Waals surface area contributed by atoms with Gasteiger partial charge in [-0.05, 0) is 55.3 Å². The minimum absolute atomic E-state index is 0.180. The number of nitrogens with zero attached hydrogens (tertiary/aromatic N) is 3. The number of aromatic nitrogens is 3. The van der Waals surface area contributed by atoms with E-state index in [-0.39, 0.29) is 18.3 Å². The summed E-state index contributed by atoms with van der Waals surface area (Å²) in [5, 5.41) is 11.6. The quantitative estimate of drug-likeness (QED) is 0.396. The molecule has 35 heavy (non-hydrogen) atoms. The minimum Gasteiger partial charge on any atom is -0.486 e. The zero-order valence-corrected chi connectivity index (χ0v) is 20.1. The topological polar surface area (TPSA) is 81.1 Å². The number of para-hydroxylation sites is 1. The van der Waals surface area contributed by atoms with Gasteiger partial charge in [0.15, 0.2) is 5.82 Å². The SMILES string of the molecule is Cc1ccc(NC(=O)[C@H]2Sc3nnc(COc4ccccc4)n3N[C@H]2c2ccc(F)cc2)c(C)c1. The van der Waals surface area contributed by atoms with Gasteiger partial charge in [-0.2, -0.15) is 0 Å². The predicted octanol–water partition coefficient (Wildman–Crippen LogP) is 5.01. The van der Waals surface area contributed by atoms with Gasteiger partial charge >= 0.3 is 0 Å². The van der Waals surface area contributed by atoms with Crippen molar-refractivity contribution >= 4 is 23.4 Å². The van der Waals surface area contributed by atoms with Crippen LogP contribution in [0.3, 0.4) is 0 Å². The van der Waals surface area contributed by atoms with E-state index < -0.39 is 11.3 Å². The summed E-state index contributed by atoms with van der Waals surface area (Å²) in [6.45, 7) is 4.16. The molecule has 0 bridgehead atoms. The van der Waals surface area contributed by atoms with Crippen LogP contribution in [0.4, 0.5) is 10.1 Å². The molecule has 3 aromatic carbocycles. The van der Waals surface area contributed by atoms with Gasteiger partial charge in [-0.25, -0.2) is 9.07 Å². The Balaban J connectivity index is 1.42. The Hall–Kier alpha value is -3.85. The number of anilines is 1. The Morgan fingerprint density at radius 1 is 1.09 bits per heavy atom. The number of nitrogens with one attached hydrogen (secondary N) is 2. The van der Waals surface area contributed by atoms with Crippen LogP contribution in [0.15, 0.2) is 78.0 Å². The van der Waals surface area contributed by atoms with E-state index in [0.29, 0.717) is 16.7 Å². The number of fused-ring (bicyclic) bond motifs is 1. The maximum Gasteiger partial charge on any atom is 0.240 e. The second-order valence-corrected chi connectivity index (χ2v) is 9.45. The molecule has 1 aromatic heterocycles. The normalized spacial score (nSPS) is 16.8. The molecular weight excluding hydrogens is 465 g/mol. The second-order valence-electron chi connectivity index (χ2n) is 8.34. The van der Waals surface area contributed by atoms with Crippen molar-refractivity contribution < 1.29 is 13.9 Å². The Bertz CT molecular complexity index is 1340. The van der Waals surface area contributed by atoms with Crippen molar-refractivity contribution in [1.29, 1.82) is 0 Å². The standard InChI is InChI=1S/C26H24FN5O2S/c1-16-8-13-21(17(2)14-16)28-25(33)24-23(18-9-11-19(27)12-10-18)31-32-22(29-30-26(32)35-24)15-34-20-6-4-3-5-7-20/h3-14,23-24,31H,15H2,1-2H3,(H,28,33)/t23-,24-/m0/s1. The van der Waals surface area contributed by atoms with Crippen LogP contribution in [0, 0.1) is 19.7 Å². The van der Waals surface area contributed by atoms with Gasteiger partial charge in [0, 0.05) is 5.69 Å². The summed E-state index contributed by atoms with van der Waals surface area (Å²) >= 11 is 1.31. The summed E-state index contributed by atoms with van der Waals surface area (Å²) < 4.78 is 21.2. The molecule has 7 nitrogen and oxygen atoms in total. The third kappa shape index (κ3) is 5.00. The van der Waals surface area contributed by atoms with Crippen LogP contribution in [0.5, 0.6) is 5.75 Å². The van der Waals surface area contributed by atoms with Crippen LogP contribution < -0.4 is 15.5 Å².